The number of nitrogens with zero attached hydrogens (tertiary/aromatic N) is 4. The predicted octanol–water partition coefficient (Wildman–Crippen LogP) is 8.73. The molecule has 0 bridgehead atoms. The molecule has 13 heteroatoms. The quantitative estimate of drug-likeness (QED) is 0.0906. The lowest BCUT2D eigenvalue weighted by molar-refractivity contribution is -0.0888. The fraction of sp³-hybridized carbons (Fsp3) is 0.318. The van der Waals surface area contributed by atoms with Crippen LogP contribution in [0.15, 0.2) is 122 Å². The summed E-state index contributed by atoms with van der Waals surface area (Å²) in [6, 6.07) is 34.0. The van der Waals surface area contributed by atoms with Gasteiger partial charge in [-0.1, -0.05) is 93.6 Å². The maximum Gasteiger partial charge on any atom is 0.256 e. The summed E-state index contributed by atoms with van der Waals surface area (Å²) in [7, 11) is 0.661. The summed E-state index contributed by atoms with van der Waals surface area (Å²) in [5, 5.41) is 2.62. The second-order valence-corrected chi connectivity index (χ2v) is 20.3. The van der Waals surface area contributed by atoms with Crippen LogP contribution < -0.4 is 14.8 Å². The molecule has 296 valence electrons. The average Bonchev–Trinajstić information content (AvgIpc) is 3.79. The fourth-order valence-corrected chi connectivity index (χ4v) is 8.16. The van der Waals surface area contributed by atoms with E-state index < -0.39 is 38.5 Å². The highest BCUT2D eigenvalue weighted by atomic mass is 28.4. The molecule has 11 nitrogen and oxygen atoms in total. The minimum Gasteiger partial charge on any atom is -0.497 e. The van der Waals surface area contributed by atoms with Crippen LogP contribution in [0.1, 0.15) is 54.0 Å². The Hall–Kier alpha value is -5.47. The number of carbonyl (C=O) groups is 1. The van der Waals surface area contributed by atoms with Gasteiger partial charge in [0.2, 0.25) is 0 Å². The lowest BCUT2D eigenvalue weighted by Crippen LogP contribution is -2.48. The highest BCUT2D eigenvalue weighted by Gasteiger charge is 2.53. The highest BCUT2D eigenvalue weighted by molar-refractivity contribution is 6.74. The molecule has 0 unspecified atom stereocenters. The standard InChI is InChI=1S/C44H48FN5O6Si/c1-43(2,3)57(6,7)56-38-36(45)35(55-42(38)50-28-48-37-39(46-27-47-40(37)50)49-41(51)29-14-10-8-11-15-29)26-54-44(30-16-12-9-13-17-30,31-18-22-33(52-4)23-19-31)32-20-24-34(53-5)25-21-32/h8-25,27-28,35-36,38,42H,26H2,1-7H3,(H,46,47,49,51)/t35-,36-,38-,42-/m1/s1. The highest BCUT2D eigenvalue weighted by Crippen LogP contribution is 2.46. The predicted molar refractivity (Wildman–Crippen MR) is 219 cm³/mol. The van der Waals surface area contributed by atoms with Crippen molar-refractivity contribution in [1.29, 1.82) is 0 Å². The SMILES string of the molecule is COc1ccc(C(OC[C@H]2O[C@@H](n3cnc4c(NC(=O)c5ccccc5)ncnc43)[C@H](O[Si](C)(C)C(C)(C)C)[C@@H]2F)(c2ccccc2)c2ccc(OC)cc2)cc1. The number of benzene rings is 4. The van der Waals surface area contributed by atoms with E-state index in [1.54, 1.807) is 43.1 Å². The van der Waals surface area contributed by atoms with E-state index in [4.69, 9.17) is 23.4 Å². The topological polar surface area (TPSA) is 119 Å². The molecule has 3 heterocycles. The number of nitrogens with one attached hydrogen (secondary N) is 1. The van der Waals surface area contributed by atoms with E-state index in [0.717, 1.165) is 16.7 Å². The van der Waals surface area contributed by atoms with E-state index in [2.05, 4.69) is 54.1 Å². The van der Waals surface area contributed by atoms with Gasteiger partial charge in [0, 0.05) is 5.56 Å². The van der Waals surface area contributed by atoms with Gasteiger partial charge in [-0.25, -0.2) is 19.3 Å². The van der Waals surface area contributed by atoms with E-state index in [1.165, 1.54) is 12.7 Å². The first kappa shape index (κ1) is 39.8. The Balaban J connectivity index is 1.28. The summed E-state index contributed by atoms with van der Waals surface area (Å²) < 4.78 is 50.7. The molecule has 57 heavy (non-hydrogen) atoms. The Morgan fingerprint density at radius 3 is 1.93 bits per heavy atom. The molecule has 1 amide bonds. The number of fused-ring (bicyclic) bond motifs is 1. The zero-order valence-electron chi connectivity index (χ0n) is 33.2. The molecule has 1 aliphatic heterocycles. The van der Waals surface area contributed by atoms with E-state index in [1.807, 2.05) is 84.9 Å². The lowest BCUT2D eigenvalue weighted by Gasteiger charge is -2.39. The normalized spacial score (nSPS) is 18.7. The summed E-state index contributed by atoms with van der Waals surface area (Å²) in [4.78, 5) is 26.6. The minimum atomic E-state index is -2.58. The van der Waals surface area contributed by atoms with Crippen LogP contribution in [0.5, 0.6) is 11.5 Å². The first-order valence-electron chi connectivity index (χ1n) is 18.9. The third kappa shape index (κ3) is 7.80. The number of aromatic nitrogens is 4. The number of carbonyl (C=O) groups excluding carboxylic acids is 1. The Labute approximate surface area is 333 Å². The number of alkyl halides is 1. The number of imidazole rings is 1. The second-order valence-electron chi connectivity index (χ2n) is 15.5. The largest absolute Gasteiger partial charge is 0.497 e. The van der Waals surface area contributed by atoms with Crippen LogP contribution in [0.3, 0.4) is 0 Å². The number of hydrogen-bond donors (Lipinski definition) is 1. The Kier molecular flexibility index (Phi) is 11.3. The molecule has 4 atom stereocenters. The van der Waals surface area contributed by atoms with Crippen molar-refractivity contribution in [3.63, 3.8) is 0 Å². The van der Waals surface area contributed by atoms with Crippen LogP contribution in [-0.4, -0.2) is 72.9 Å². The monoisotopic (exact) mass is 789 g/mol. The molecule has 1 fully saturated rings. The Morgan fingerprint density at radius 2 is 1.37 bits per heavy atom. The Morgan fingerprint density at radius 1 is 0.807 bits per heavy atom. The molecule has 0 radical (unpaired) electrons. The second kappa shape index (κ2) is 16.2. The van der Waals surface area contributed by atoms with Gasteiger partial charge in [0.1, 0.15) is 35.6 Å². The van der Waals surface area contributed by atoms with Crippen molar-refractivity contribution in [2.24, 2.45) is 0 Å². The van der Waals surface area contributed by atoms with E-state index in [-0.39, 0.29) is 23.4 Å². The number of anilines is 1. The van der Waals surface area contributed by atoms with Gasteiger partial charge >= 0.3 is 0 Å². The van der Waals surface area contributed by atoms with Gasteiger partial charge in [-0.2, -0.15) is 0 Å². The minimum absolute atomic E-state index is 0.151. The number of halogens is 1. The third-order valence-corrected chi connectivity index (χ3v) is 15.5. The van der Waals surface area contributed by atoms with Gasteiger partial charge in [-0.05, 0) is 71.2 Å². The molecular weight excluding hydrogens is 742 g/mol. The summed E-state index contributed by atoms with van der Waals surface area (Å²) >= 11 is 0. The summed E-state index contributed by atoms with van der Waals surface area (Å²) in [6.07, 6.45) is -1.83. The molecule has 0 saturated carbocycles. The van der Waals surface area contributed by atoms with Gasteiger partial charge in [-0.15, -0.1) is 0 Å². The van der Waals surface area contributed by atoms with Gasteiger partial charge in [-0.3, -0.25) is 9.36 Å². The van der Waals surface area contributed by atoms with Crippen molar-refractivity contribution in [2.75, 3.05) is 26.1 Å². The summed E-state index contributed by atoms with van der Waals surface area (Å²) in [6.45, 7) is 10.3. The maximum atomic E-state index is 17.4. The van der Waals surface area contributed by atoms with E-state index >= 15 is 4.39 Å². The molecule has 1 aliphatic rings. The molecule has 7 rings (SSSR count). The number of ether oxygens (including phenoxy) is 4. The zero-order chi connectivity index (χ0) is 40.4. The number of hydrogen-bond acceptors (Lipinski definition) is 9. The van der Waals surface area contributed by atoms with Crippen LogP contribution in [0.4, 0.5) is 10.2 Å². The molecule has 6 aromatic rings. The molecule has 0 spiro atoms. The van der Waals surface area contributed by atoms with Crippen LogP contribution in [0.2, 0.25) is 18.1 Å². The Bertz CT molecular complexity index is 2240. The number of rotatable bonds is 13. The van der Waals surface area contributed by atoms with Gasteiger partial charge in [0.05, 0.1) is 27.2 Å². The summed E-state index contributed by atoms with van der Waals surface area (Å²) in [5.41, 5.74) is 2.39. The van der Waals surface area contributed by atoms with E-state index in [0.29, 0.717) is 28.2 Å². The first-order chi connectivity index (χ1) is 27.4. The molecular formula is C44H48FN5O6Si. The van der Waals surface area contributed by atoms with Crippen molar-refractivity contribution in [1.82, 2.24) is 19.5 Å². The summed E-state index contributed by atoms with van der Waals surface area (Å²) in [5.74, 6) is 1.24. The molecule has 2 aromatic heterocycles. The number of amides is 1. The third-order valence-electron chi connectivity index (χ3n) is 11.0. The van der Waals surface area contributed by atoms with Crippen LogP contribution in [0.25, 0.3) is 11.2 Å². The molecule has 4 aromatic carbocycles. The van der Waals surface area contributed by atoms with Crippen LogP contribution in [0, 0.1) is 0 Å². The van der Waals surface area contributed by atoms with Gasteiger partial charge < -0.3 is 28.7 Å². The van der Waals surface area contributed by atoms with Gasteiger partial charge in [0.15, 0.2) is 37.7 Å². The van der Waals surface area contributed by atoms with E-state index in [9.17, 15) is 4.79 Å². The lowest BCUT2D eigenvalue weighted by atomic mass is 9.80. The van der Waals surface area contributed by atoms with Crippen molar-refractivity contribution in [3.05, 3.63) is 144 Å². The van der Waals surface area contributed by atoms with Crippen molar-refractivity contribution >= 4 is 31.2 Å². The number of methoxy groups -OCH3 is 2. The zero-order valence-corrected chi connectivity index (χ0v) is 34.2. The smallest absolute Gasteiger partial charge is 0.256 e. The maximum absolute atomic E-state index is 17.4. The van der Waals surface area contributed by atoms with Crippen molar-refractivity contribution in [3.8, 4) is 11.5 Å². The molecule has 1 N–H and O–H groups in total. The molecule has 1 saturated heterocycles. The van der Waals surface area contributed by atoms with Crippen LogP contribution >= 0.6 is 0 Å². The van der Waals surface area contributed by atoms with Gasteiger partial charge in [0.25, 0.3) is 5.91 Å². The van der Waals surface area contributed by atoms with Crippen molar-refractivity contribution < 1.29 is 32.6 Å². The molecule has 0 aliphatic carbocycles. The fourth-order valence-electron chi connectivity index (χ4n) is 6.88. The average molecular weight is 790 g/mol. The first-order valence-corrected chi connectivity index (χ1v) is 21.8. The van der Waals surface area contributed by atoms with Crippen LogP contribution in [-0.2, 0) is 19.5 Å². The van der Waals surface area contributed by atoms with Crippen molar-refractivity contribution in [2.45, 2.75) is 69.1 Å².